The maximum Gasteiger partial charge on any atom is 0.344 e. The van der Waals surface area contributed by atoms with Gasteiger partial charge in [-0.2, -0.15) is 5.26 Å². The molecule has 27 heavy (non-hydrogen) atoms. The van der Waals surface area contributed by atoms with Gasteiger partial charge in [0, 0.05) is 17.0 Å². The summed E-state index contributed by atoms with van der Waals surface area (Å²) < 4.78 is 15.8. The van der Waals surface area contributed by atoms with Gasteiger partial charge in [-0.3, -0.25) is 0 Å². The molecule has 2 aromatic carbocycles. The zero-order valence-electron chi connectivity index (χ0n) is 14.9. The first-order valence-electron chi connectivity index (χ1n) is 8.29. The Labute approximate surface area is 155 Å². The summed E-state index contributed by atoms with van der Waals surface area (Å²) in [7, 11) is 0. The van der Waals surface area contributed by atoms with Crippen LogP contribution in [0, 0.1) is 25.2 Å². The molecule has 3 aromatic rings. The number of nitriles is 1. The Morgan fingerprint density at radius 3 is 2.52 bits per heavy atom. The van der Waals surface area contributed by atoms with Crippen LogP contribution in [0.4, 0.5) is 0 Å². The molecular weight excluding hydrogens is 346 g/mol. The van der Waals surface area contributed by atoms with Crippen LogP contribution >= 0.6 is 0 Å². The van der Waals surface area contributed by atoms with E-state index in [2.05, 4.69) is 0 Å². The minimum Gasteiger partial charge on any atom is -0.482 e. The fraction of sp³-hybridized carbons (Fsp3) is 0.190. The minimum absolute atomic E-state index is 0.0554. The van der Waals surface area contributed by atoms with Crippen molar-refractivity contribution in [3.63, 3.8) is 0 Å². The molecule has 0 aliphatic heterocycles. The third-order valence-electron chi connectivity index (χ3n) is 4.17. The topological polar surface area (TPSA) is 89.5 Å². The predicted octanol–water partition coefficient (Wildman–Crippen LogP) is 3.40. The van der Waals surface area contributed by atoms with Gasteiger partial charge in [0.1, 0.15) is 17.9 Å². The van der Waals surface area contributed by atoms with Gasteiger partial charge in [0.05, 0.1) is 11.6 Å². The quantitative estimate of drug-likeness (QED) is 0.510. The van der Waals surface area contributed by atoms with Crippen LogP contribution in [0.25, 0.3) is 11.0 Å². The zero-order valence-corrected chi connectivity index (χ0v) is 14.9. The maximum atomic E-state index is 12.0. The van der Waals surface area contributed by atoms with Crippen molar-refractivity contribution in [3.05, 3.63) is 75.1 Å². The molecule has 136 valence electrons. The highest BCUT2D eigenvalue weighted by atomic mass is 16.6. The first kappa shape index (κ1) is 18.2. The van der Waals surface area contributed by atoms with Crippen molar-refractivity contribution in [3.8, 4) is 11.8 Å². The smallest absolute Gasteiger partial charge is 0.344 e. The lowest BCUT2D eigenvalue weighted by Crippen LogP contribution is -2.15. The van der Waals surface area contributed by atoms with Crippen LogP contribution in [0.3, 0.4) is 0 Å². The van der Waals surface area contributed by atoms with E-state index in [0.29, 0.717) is 22.5 Å². The monoisotopic (exact) mass is 363 g/mol. The van der Waals surface area contributed by atoms with E-state index < -0.39 is 11.6 Å². The van der Waals surface area contributed by atoms with E-state index in [0.717, 1.165) is 16.5 Å². The maximum absolute atomic E-state index is 12.0. The highest BCUT2D eigenvalue weighted by molar-refractivity contribution is 5.82. The SMILES string of the molecule is Cc1cc2oc(=O)cc(COC(=O)COc3ccc(C#N)cc3)c2cc1C. The third-order valence-corrected chi connectivity index (χ3v) is 4.17. The molecular formula is C21H17NO5. The Morgan fingerprint density at radius 1 is 1.11 bits per heavy atom. The number of fused-ring (bicyclic) bond motifs is 1. The van der Waals surface area contributed by atoms with Gasteiger partial charge >= 0.3 is 11.6 Å². The molecule has 0 amide bonds. The summed E-state index contributed by atoms with van der Waals surface area (Å²) >= 11 is 0. The summed E-state index contributed by atoms with van der Waals surface area (Å²) in [4.78, 5) is 23.7. The number of benzene rings is 2. The molecule has 0 bridgehead atoms. The van der Waals surface area contributed by atoms with Crippen molar-refractivity contribution in [2.45, 2.75) is 20.5 Å². The molecule has 0 aliphatic rings. The number of carbonyl (C=O) groups is 1. The molecule has 0 spiro atoms. The first-order chi connectivity index (χ1) is 13.0. The van der Waals surface area contributed by atoms with Crippen LogP contribution in [-0.4, -0.2) is 12.6 Å². The number of esters is 1. The fourth-order valence-corrected chi connectivity index (χ4v) is 2.57. The Hall–Kier alpha value is -3.59. The number of rotatable bonds is 5. The Kier molecular flexibility index (Phi) is 5.23. The summed E-state index contributed by atoms with van der Waals surface area (Å²) in [6.07, 6.45) is 0. The fourth-order valence-electron chi connectivity index (χ4n) is 2.57. The van der Waals surface area contributed by atoms with Gasteiger partial charge in [-0.05, 0) is 61.4 Å². The van der Waals surface area contributed by atoms with E-state index in [1.807, 2.05) is 26.0 Å². The van der Waals surface area contributed by atoms with Crippen LogP contribution in [0.15, 0.2) is 51.7 Å². The van der Waals surface area contributed by atoms with Gasteiger partial charge in [0.25, 0.3) is 0 Å². The summed E-state index contributed by atoms with van der Waals surface area (Å²) in [5, 5.41) is 9.49. The van der Waals surface area contributed by atoms with Gasteiger partial charge < -0.3 is 13.9 Å². The lowest BCUT2D eigenvalue weighted by atomic mass is 10.0. The van der Waals surface area contributed by atoms with Crippen molar-refractivity contribution in [1.29, 1.82) is 5.26 Å². The zero-order chi connectivity index (χ0) is 19.4. The van der Waals surface area contributed by atoms with E-state index in [1.54, 1.807) is 30.3 Å². The molecule has 1 heterocycles. The van der Waals surface area contributed by atoms with E-state index in [9.17, 15) is 9.59 Å². The molecule has 1 aromatic heterocycles. The molecule has 0 saturated carbocycles. The van der Waals surface area contributed by atoms with Crippen molar-refractivity contribution in [2.75, 3.05) is 6.61 Å². The molecule has 6 nitrogen and oxygen atoms in total. The van der Waals surface area contributed by atoms with Crippen molar-refractivity contribution in [1.82, 2.24) is 0 Å². The van der Waals surface area contributed by atoms with Gasteiger partial charge in [-0.25, -0.2) is 9.59 Å². The Balaban J connectivity index is 1.67. The van der Waals surface area contributed by atoms with Gasteiger partial charge in [0.15, 0.2) is 6.61 Å². The minimum atomic E-state index is -0.565. The van der Waals surface area contributed by atoms with E-state index in [-0.39, 0.29) is 13.2 Å². The molecule has 0 radical (unpaired) electrons. The molecule has 3 rings (SSSR count). The number of hydrogen-bond donors (Lipinski definition) is 0. The number of carbonyl (C=O) groups excluding carboxylic acids is 1. The van der Waals surface area contributed by atoms with Crippen LogP contribution in [0.2, 0.25) is 0 Å². The summed E-state index contributed by atoms with van der Waals surface area (Å²) in [6, 6.07) is 13.4. The molecule has 0 aliphatic carbocycles. The number of aryl methyl sites for hydroxylation is 2. The molecule has 0 atom stereocenters. The van der Waals surface area contributed by atoms with Crippen molar-refractivity contribution < 1.29 is 18.7 Å². The van der Waals surface area contributed by atoms with Crippen LogP contribution < -0.4 is 10.4 Å². The predicted molar refractivity (Wildman–Crippen MR) is 98.4 cm³/mol. The number of hydrogen-bond acceptors (Lipinski definition) is 6. The van der Waals surface area contributed by atoms with Crippen LogP contribution in [0.5, 0.6) is 5.75 Å². The van der Waals surface area contributed by atoms with Crippen molar-refractivity contribution >= 4 is 16.9 Å². The van der Waals surface area contributed by atoms with E-state index in [4.69, 9.17) is 19.2 Å². The largest absolute Gasteiger partial charge is 0.482 e. The molecule has 0 N–H and O–H groups in total. The summed E-state index contributed by atoms with van der Waals surface area (Å²) in [5.74, 6) is -0.104. The number of ether oxygens (including phenoxy) is 2. The second-order valence-corrected chi connectivity index (χ2v) is 6.11. The molecule has 0 fully saturated rings. The van der Waals surface area contributed by atoms with Gasteiger partial charge in [-0.1, -0.05) is 0 Å². The van der Waals surface area contributed by atoms with Gasteiger partial charge in [-0.15, -0.1) is 0 Å². The summed E-state index contributed by atoms with van der Waals surface area (Å²) in [5.41, 5.74) is 3.11. The highest BCUT2D eigenvalue weighted by Crippen LogP contribution is 2.22. The average molecular weight is 363 g/mol. The third kappa shape index (κ3) is 4.33. The van der Waals surface area contributed by atoms with Crippen LogP contribution in [-0.2, 0) is 16.1 Å². The van der Waals surface area contributed by atoms with Crippen molar-refractivity contribution in [2.24, 2.45) is 0 Å². The highest BCUT2D eigenvalue weighted by Gasteiger charge is 2.11. The second kappa shape index (κ2) is 7.75. The second-order valence-electron chi connectivity index (χ2n) is 6.11. The van der Waals surface area contributed by atoms with E-state index in [1.165, 1.54) is 6.07 Å². The number of nitrogens with zero attached hydrogens (tertiary/aromatic N) is 1. The van der Waals surface area contributed by atoms with Crippen LogP contribution in [0.1, 0.15) is 22.3 Å². The average Bonchev–Trinajstić information content (AvgIpc) is 2.66. The molecule has 0 unspecified atom stereocenters. The van der Waals surface area contributed by atoms with Gasteiger partial charge in [0.2, 0.25) is 0 Å². The standard InChI is InChI=1S/C21H17NO5/c1-13-7-18-16(9-20(23)27-19(18)8-14(13)2)11-26-21(24)12-25-17-5-3-15(10-22)4-6-17/h3-9H,11-12H2,1-2H3. The normalized spacial score (nSPS) is 10.4. The lowest BCUT2D eigenvalue weighted by molar-refractivity contribution is -0.147. The lowest BCUT2D eigenvalue weighted by Gasteiger charge is -2.10. The Bertz CT molecular complexity index is 1090. The Morgan fingerprint density at radius 2 is 1.81 bits per heavy atom. The molecule has 0 saturated heterocycles. The molecule has 6 heteroatoms. The summed E-state index contributed by atoms with van der Waals surface area (Å²) in [6.45, 7) is 3.56. The van der Waals surface area contributed by atoms with E-state index >= 15 is 0 Å². The first-order valence-corrected chi connectivity index (χ1v) is 8.29.